The zero-order chi connectivity index (χ0) is 16.9. The van der Waals surface area contributed by atoms with E-state index in [1.165, 1.54) is 6.07 Å². The molecule has 0 unspecified atom stereocenters. The summed E-state index contributed by atoms with van der Waals surface area (Å²) in [5.41, 5.74) is 2.20. The molecule has 2 heterocycles. The number of carbonyl (C=O) groups is 2. The number of hydrogen-bond donors (Lipinski definition) is 2. The van der Waals surface area contributed by atoms with Gasteiger partial charge >= 0.3 is 5.97 Å². The van der Waals surface area contributed by atoms with Crippen molar-refractivity contribution in [3.63, 3.8) is 0 Å². The van der Waals surface area contributed by atoms with Crippen LogP contribution in [0.5, 0.6) is 0 Å². The predicted molar refractivity (Wildman–Crippen MR) is 91.7 cm³/mol. The highest BCUT2D eigenvalue weighted by Crippen LogP contribution is 2.17. The summed E-state index contributed by atoms with van der Waals surface area (Å²) in [6.45, 7) is 0.121. The molecule has 0 aliphatic heterocycles. The van der Waals surface area contributed by atoms with Gasteiger partial charge < -0.3 is 19.5 Å². The van der Waals surface area contributed by atoms with E-state index in [2.05, 4.69) is 26.2 Å². The van der Waals surface area contributed by atoms with E-state index in [1.54, 1.807) is 6.07 Å². The van der Waals surface area contributed by atoms with Crippen LogP contribution in [0.4, 0.5) is 0 Å². The van der Waals surface area contributed by atoms with Crippen LogP contribution in [-0.4, -0.2) is 30.0 Å². The molecule has 0 aliphatic rings. The van der Waals surface area contributed by atoms with E-state index in [1.807, 2.05) is 30.5 Å². The number of halogens is 1. The minimum Gasteiger partial charge on any atom is -0.450 e. The van der Waals surface area contributed by atoms with Crippen LogP contribution < -0.4 is 5.32 Å². The summed E-state index contributed by atoms with van der Waals surface area (Å²) in [4.78, 5) is 26.6. The van der Waals surface area contributed by atoms with Gasteiger partial charge in [0.1, 0.15) is 0 Å². The fraction of sp³-hybridized carbons (Fsp3) is 0.176. The zero-order valence-electron chi connectivity index (χ0n) is 12.7. The number of hydrogen-bond acceptors (Lipinski definition) is 4. The molecule has 0 atom stereocenters. The Morgan fingerprint density at radius 2 is 2.04 bits per heavy atom. The second-order valence-corrected chi connectivity index (χ2v) is 5.92. The summed E-state index contributed by atoms with van der Waals surface area (Å²) in [6, 6.07) is 11.0. The van der Waals surface area contributed by atoms with Crippen molar-refractivity contribution in [3.8, 4) is 0 Å². The number of ether oxygens (including phenoxy) is 1. The molecule has 24 heavy (non-hydrogen) atoms. The highest BCUT2D eigenvalue weighted by atomic mass is 79.9. The number of benzene rings is 1. The Bertz CT molecular complexity index is 868. The van der Waals surface area contributed by atoms with E-state index in [-0.39, 0.29) is 18.3 Å². The molecule has 3 rings (SSSR count). The quantitative estimate of drug-likeness (QED) is 0.633. The third-order valence-electron chi connectivity index (χ3n) is 3.50. The summed E-state index contributed by atoms with van der Waals surface area (Å²) >= 11 is 3.09. The Morgan fingerprint density at radius 1 is 1.21 bits per heavy atom. The Kier molecular flexibility index (Phi) is 5.00. The molecule has 0 saturated heterocycles. The molecular weight excluding hydrogens is 376 g/mol. The Morgan fingerprint density at radius 3 is 2.83 bits per heavy atom. The number of para-hydroxylation sites is 1. The molecule has 0 bridgehead atoms. The van der Waals surface area contributed by atoms with Crippen molar-refractivity contribution in [2.24, 2.45) is 0 Å². The number of aromatic amines is 1. The second-order valence-electron chi connectivity index (χ2n) is 5.14. The summed E-state index contributed by atoms with van der Waals surface area (Å²) in [6.07, 6.45) is 2.63. The van der Waals surface area contributed by atoms with Gasteiger partial charge in [-0.3, -0.25) is 4.79 Å². The van der Waals surface area contributed by atoms with Crippen LogP contribution in [0.2, 0.25) is 0 Å². The maximum Gasteiger partial charge on any atom is 0.374 e. The first-order valence-electron chi connectivity index (χ1n) is 7.37. The van der Waals surface area contributed by atoms with Crippen LogP contribution in [0.15, 0.2) is 51.7 Å². The molecule has 0 radical (unpaired) electrons. The van der Waals surface area contributed by atoms with Gasteiger partial charge in [-0.05, 0) is 46.1 Å². The molecule has 0 fully saturated rings. The average Bonchev–Trinajstić information content (AvgIpc) is 3.19. The van der Waals surface area contributed by atoms with E-state index in [0.717, 1.165) is 16.5 Å². The Hall–Kier alpha value is -2.54. The Labute approximate surface area is 146 Å². The van der Waals surface area contributed by atoms with E-state index >= 15 is 0 Å². The largest absolute Gasteiger partial charge is 0.450 e. The number of nitrogens with one attached hydrogen (secondary N) is 2. The van der Waals surface area contributed by atoms with Crippen molar-refractivity contribution < 1.29 is 18.7 Å². The fourth-order valence-electron chi connectivity index (χ4n) is 2.35. The highest BCUT2D eigenvalue weighted by molar-refractivity contribution is 9.10. The van der Waals surface area contributed by atoms with Crippen molar-refractivity contribution in [3.05, 3.63) is 58.6 Å². The molecule has 1 aromatic carbocycles. The standard InChI is InChI=1S/C17H15BrN2O4/c18-15-6-5-14(24-15)17(22)23-10-16(21)19-8-7-11-9-20-13-4-2-1-3-12(11)13/h1-6,9,20H,7-8,10H2,(H,19,21). The summed E-state index contributed by atoms with van der Waals surface area (Å²) in [7, 11) is 0. The van der Waals surface area contributed by atoms with Crippen molar-refractivity contribution >= 4 is 38.7 Å². The van der Waals surface area contributed by atoms with Gasteiger partial charge in [0.15, 0.2) is 11.3 Å². The maximum absolute atomic E-state index is 11.7. The summed E-state index contributed by atoms with van der Waals surface area (Å²) in [5.74, 6) is -0.977. The number of fused-ring (bicyclic) bond motifs is 1. The third-order valence-corrected chi connectivity index (χ3v) is 3.93. The van der Waals surface area contributed by atoms with Gasteiger partial charge in [-0.25, -0.2) is 4.79 Å². The van der Waals surface area contributed by atoms with Gasteiger partial charge in [-0.2, -0.15) is 0 Å². The molecule has 2 N–H and O–H groups in total. The number of amides is 1. The molecule has 6 nitrogen and oxygen atoms in total. The van der Waals surface area contributed by atoms with Crippen LogP contribution in [0, 0.1) is 0 Å². The lowest BCUT2D eigenvalue weighted by molar-refractivity contribution is -0.124. The first-order chi connectivity index (χ1) is 11.6. The van der Waals surface area contributed by atoms with Gasteiger partial charge in [0.2, 0.25) is 5.76 Å². The van der Waals surface area contributed by atoms with Crippen molar-refractivity contribution in [2.45, 2.75) is 6.42 Å². The minimum atomic E-state index is -0.674. The topological polar surface area (TPSA) is 84.3 Å². The lowest BCUT2D eigenvalue weighted by atomic mass is 10.1. The number of carbonyl (C=O) groups excluding carboxylic acids is 2. The van der Waals surface area contributed by atoms with Crippen molar-refractivity contribution in [2.75, 3.05) is 13.2 Å². The number of aromatic nitrogens is 1. The van der Waals surface area contributed by atoms with Crippen LogP contribution >= 0.6 is 15.9 Å². The number of H-pyrrole nitrogens is 1. The van der Waals surface area contributed by atoms with Crippen LogP contribution in [0.25, 0.3) is 10.9 Å². The lowest BCUT2D eigenvalue weighted by Crippen LogP contribution is -2.30. The number of esters is 1. The molecule has 7 heteroatoms. The van der Waals surface area contributed by atoms with E-state index in [0.29, 0.717) is 17.6 Å². The van der Waals surface area contributed by atoms with Crippen LogP contribution in [0.1, 0.15) is 16.1 Å². The number of rotatable bonds is 6. The molecule has 3 aromatic rings. The first-order valence-corrected chi connectivity index (χ1v) is 8.17. The van der Waals surface area contributed by atoms with E-state index in [9.17, 15) is 9.59 Å². The number of furan rings is 1. The van der Waals surface area contributed by atoms with Crippen molar-refractivity contribution in [1.82, 2.24) is 10.3 Å². The van der Waals surface area contributed by atoms with Gasteiger partial charge in [-0.1, -0.05) is 18.2 Å². The average molecular weight is 391 g/mol. The molecule has 124 valence electrons. The normalized spacial score (nSPS) is 10.7. The lowest BCUT2D eigenvalue weighted by Gasteiger charge is -2.05. The van der Waals surface area contributed by atoms with Gasteiger partial charge in [0.25, 0.3) is 5.91 Å². The van der Waals surface area contributed by atoms with Gasteiger partial charge in [-0.15, -0.1) is 0 Å². The van der Waals surface area contributed by atoms with Crippen molar-refractivity contribution in [1.29, 1.82) is 0 Å². The first kappa shape index (κ1) is 16.3. The molecule has 0 saturated carbocycles. The summed E-state index contributed by atoms with van der Waals surface area (Å²) in [5, 5.41) is 3.87. The highest BCUT2D eigenvalue weighted by Gasteiger charge is 2.14. The molecule has 1 amide bonds. The SMILES string of the molecule is O=C(COC(=O)c1ccc(Br)o1)NCCc1c[nH]c2ccccc12. The fourth-order valence-corrected chi connectivity index (χ4v) is 2.66. The third kappa shape index (κ3) is 3.86. The van der Waals surface area contributed by atoms with Crippen LogP contribution in [-0.2, 0) is 16.0 Å². The molecule has 0 spiro atoms. The maximum atomic E-state index is 11.7. The zero-order valence-corrected chi connectivity index (χ0v) is 14.3. The molecule has 0 aliphatic carbocycles. The van der Waals surface area contributed by atoms with E-state index < -0.39 is 5.97 Å². The van der Waals surface area contributed by atoms with Gasteiger partial charge in [0.05, 0.1) is 0 Å². The Balaban J connectivity index is 1.43. The van der Waals surface area contributed by atoms with Crippen LogP contribution in [0.3, 0.4) is 0 Å². The smallest absolute Gasteiger partial charge is 0.374 e. The second kappa shape index (κ2) is 7.35. The molecule has 2 aromatic heterocycles. The minimum absolute atomic E-state index is 0.0495. The molecular formula is C17H15BrN2O4. The van der Waals surface area contributed by atoms with E-state index in [4.69, 9.17) is 9.15 Å². The summed E-state index contributed by atoms with van der Waals surface area (Å²) < 4.78 is 10.4. The monoisotopic (exact) mass is 390 g/mol. The predicted octanol–water partition coefficient (Wildman–Crippen LogP) is 3.04. The van der Waals surface area contributed by atoms with Gasteiger partial charge in [0, 0.05) is 23.6 Å².